The van der Waals surface area contributed by atoms with Gasteiger partial charge in [0.05, 0.1) is 5.25 Å². The SMILES string of the molecule is Cc1cc(=O)[nH]c(S[C@@H](C)C(=O)N(C)C2CCOCC2)n1. The highest BCUT2D eigenvalue weighted by Crippen LogP contribution is 2.22. The number of nitrogens with zero attached hydrogens (tertiary/aromatic N) is 2. The molecule has 21 heavy (non-hydrogen) atoms. The molecule has 1 aromatic rings. The first-order valence-corrected chi connectivity index (χ1v) is 7.94. The molecular formula is C14H21N3O3S. The zero-order chi connectivity index (χ0) is 15.4. The van der Waals surface area contributed by atoms with Crippen LogP contribution in [0.2, 0.25) is 0 Å². The predicted octanol–water partition coefficient (Wildman–Crippen LogP) is 1.20. The van der Waals surface area contributed by atoms with Crippen molar-refractivity contribution in [1.82, 2.24) is 14.9 Å². The number of aromatic amines is 1. The predicted molar refractivity (Wildman–Crippen MR) is 81.5 cm³/mol. The molecule has 0 aromatic carbocycles. The number of carbonyl (C=O) groups is 1. The Morgan fingerprint density at radius 2 is 2.19 bits per heavy atom. The molecule has 0 unspecified atom stereocenters. The average molecular weight is 311 g/mol. The monoisotopic (exact) mass is 311 g/mol. The summed E-state index contributed by atoms with van der Waals surface area (Å²) in [5, 5.41) is 0.198. The maximum Gasteiger partial charge on any atom is 0.251 e. The van der Waals surface area contributed by atoms with Crippen molar-refractivity contribution < 1.29 is 9.53 Å². The fraction of sp³-hybridized carbons (Fsp3) is 0.643. The summed E-state index contributed by atoms with van der Waals surface area (Å²) in [5.74, 6) is 0.0519. The summed E-state index contributed by atoms with van der Waals surface area (Å²) < 4.78 is 5.32. The Hall–Kier alpha value is -1.34. The number of hydrogen-bond acceptors (Lipinski definition) is 5. The molecule has 1 fully saturated rings. The van der Waals surface area contributed by atoms with Crippen LogP contribution in [0.25, 0.3) is 0 Å². The molecule has 0 bridgehead atoms. The molecule has 116 valence electrons. The fourth-order valence-electron chi connectivity index (χ4n) is 2.36. The molecular weight excluding hydrogens is 290 g/mol. The minimum absolute atomic E-state index is 0.0519. The van der Waals surface area contributed by atoms with E-state index in [-0.39, 0.29) is 22.8 Å². The smallest absolute Gasteiger partial charge is 0.251 e. The normalized spacial score (nSPS) is 17.5. The van der Waals surface area contributed by atoms with Gasteiger partial charge in [-0.2, -0.15) is 0 Å². The van der Waals surface area contributed by atoms with Crippen LogP contribution < -0.4 is 5.56 Å². The van der Waals surface area contributed by atoms with Gasteiger partial charge in [0.2, 0.25) is 5.91 Å². The molecule has 2 heterocycles. The molecule has 1 aliphatic rings. The molecule has 1 aliphatic heterocycles. The van der Waals surface area contributed by atoms with E-state index in [9.17, 15) is 9.59 Å². The van der Waals surface area contributed by atoms with Crippen LogP contribution in [0.5, 0.6) is 0 Å². The largest absolute Gasteiger partial charge is 0.381 e. The van der Waals surface area contributed by atoms with Crippen LogP contribution in [0.4, 0.5) is 0 Å². The Morgan fingerprint density at radius 3 is 2.81 bits per heavy atom. The van der Waals surface area contributed by atoms with Gasteiger partial charge in [-0.3, -0.25) is 9.59 Å². The van der Waals surface area contributed by atoms with Crippen LogP contribution in [0, 0.1) is 6.92 Å². The molecule has 1 N–H and O–H groups in total. The molecule has 1 atom stereocenters. The van der Waals surface area contributed by atoms with E-state index in [1.165, 1.54) is 17.8 Å². The standard InChI is InChI=1S/C14H21N3O3S/c1-9-8-12(18)16-14(15-9)21-10(2)13(19)17(3)11-4-6-20-7-5-11/h8,10-11H,4-7H2,1-3H3,(H,15,16,18)/t10-/m0/s1. The number of amides is 1. The molecule has 6 nitrogen and oxygen atoms in total. The van der Waals surface area contributed by atoms with Crippen LogP contribution in [-0.4, -0.2) is 52.3 Å². The third-order valence-corrected chi connectivity index (χ3v) is 4.54. The molecule has 2 rings (SSSR count). The van der Waals surface area contributed by atoms with Crippen LogP contribution in [-0.2, 0) is 9.53 Å². The average Bonchev–Trinajstić information content (AvgIpc) is 2.45. The molecule has 1 saturated heterocycles. The van der Waals surface area contributed by atoms with E-state index in [1.807, 2.05) is 14.0 Å². The van der Waals surface area contributed by atoms with Crippen LogP contribution >= 0.6 is 11.8 Å². The van der Waals surface area contributed by atoms with Crippen molar-refractivity contribution in [2.75, 3.05) is 20.3 Å². The highest BCUT2D eigenvalue weighted by atomic mass is 32.2. The summed E-state index contributed by atoms with van der Waals surface area (Å²) in [6.45, 7) is 5.01. The van der Waals surface area contributed by atoms with E-state index in [0.29, 0.717) is 24.1 Å². The Balaban J connectivity index is 1.99. The Bertz CT molecular complexity index is 555. The molecule has 1 aromatic heterocycles. The second kappa shape index (κ2) is 7.09. The zero-order valence-electron chi connectivity index (χ0n) is 12.6. The molecule has 0 saturated carbocycles. The lowest BCUT2D eigenvalue weighted by molar-refractivity contribution is -0.132. The summed E-state index contributed by atoms with van der Waals surface area (Å²) in [4.78, 5) is 32.6. The number of ether oxygens (including phenoxy) is 1. The van der Waals surface area contributed by atoms with Crippen molar-refractivity contribution >= 4 is 17.7 Å². The van der Waals surface area contributed by atoms with Gasteiger partial charge in [-0.1, -0.05) is 11.8 Å². The maximum atomic E-state index is 12.5. The number of rotatable bonds is 4. The number of hydrogen-bond donors (Lipinski definition) is 1. The van der Waals surface area contributed by atoms with Crippen molar-refractivity contribution in [3.05, 3.63) is 22.1 Å². The minimum atomic E-state index is -0.289. The topological polar surface area (TPSA) is 75.3 Å². The van der Waals surface area contributed by atoms with E-state index in [1.54, 1.807) is 11.8 Å². The number of nitrogens with one attached hydrogen (secondary N) is 1. The van der Waals surface area contributed by atoms with Crippen molar-refractivity contribution in [2.24, 2.45) is 0 Å². The van der Waals surface area contributed by atoms with E-state index in [4.69, 9.17) is 4.74 Å². The number of aromatic nitrogens is 2. The molecule has 0 aliphatic carbocycles. The molecule has 1 amide bonds. The molecule has 0 spiro atoms. The van der Waals surface area contributed by atoms with E-state index in [2.05, 4.69) is 9.97 Å². The number of H-pyrrole nitrogens is 1. The van der Waals surface area contributed by atoms with E-state index >= 15 is 0 Å². The van der Waals surface area contributed by atoms with E-state index < -0.39 is 0 Å². The highest BCUT2D eigenvalue weighted by molar-refractivity contribution is 8.00. The van der Waals surface area contributed by atoms with Gasteiger partial charge < -0.3 is 14.6 Å². The quantitative estimate of drug-likeness (QED) is 0.668. The van der Waals surface area contributed by atoms with Crippen LogP contribution in [0.3, 0.4) is 0 Å². The lowest BCUT2D eigenvalue weighted by Gasteiger charge is -2.32. The summed E-state index contributed by atoms with van der Waals surface area (Å²) in [6, 6.07) is 1.67. The highest BCUT2D eigenvalue weighted by Gasteiger charge is 2.26. The summed E-state index contributed by atoms with van der Waals surface area (Å²) in [7, 11) is 1.84. The number of thioether (sulfide) groups is 1. The first kappa shape index (κ1) is 16.0. The fourth-order valence-corrected chi connectivity index (χ4v) is 3.32. The first-order valence-electron chi connectivity index (χ1n) is 7.06. The first-order chi connectivity index (χ1) is 9.97. The van der Waals surface area contributed by atoms with E-state index in [0.717, 1.165) is 12.8 Å². The van der Waals surface area contributed by atoms with Gasteiger partial charge in [-0.25, -0.2) is 4.98 Å². The maximum absolute atomic E-state index is 12.5. The summed E-state index contributed by atoms with van der Waals surface area (Å²) >= 11 is 1.28. The van der Waals surface area contributed by atoms with Gasteiger partial charge in [0.25, 0.3) is 5.56 Å². The number of aryl methyl sites for hydroxylation is 1. The zero-order valence-corrected chi connectivity index (χ0v) is 13.4. The van der Waals surface area contributed by atoms with Crippen molar-refractivity contribution in [3.8, 4) is 0 Å². The summed E-state index contributed by atoms with van der Waals surface area (Å²) in [5.41, 5.74) is 0.459. The van der Waals surface area contributed by atoms with Crippen LogP contribution in [0.15, 0.2) is 16.0 Å². The summed E-state index contributed by atoms with van der Waals surface area (Å²) in [6.07, 6.45) is 1.75. The third kappa shape index (κ3) is 4.31. The van der Waals surface area contributed by atoms with Crippen LogP contribution in [0.1, 0.15) is 25.5 Å². The van der Waals surface area contributed by atoms with Gasteiger partial charge in [-0.15, -0.1) is 0 Å². The van der Waals surface area contributed by atoms with Gasteiger partial charge in [-0.05, 0) is 26.7 Å². The second-order valence-electron chi connectivity index (χ2n) is 5.24. The Labute approximate surface area is 128 Å². The van der Waals surface area contributed by atoms with Gasteiger partial charge in [0, 0.05) is 38.1 Å². The van der Waals surface area contributed by atoms with Gasteiger partial charge in [0.15, 0.2) is 5.16 Å². The molecule has 7 heteroatoms. The molecule has 0 radical (unpaired) electrons. The van der Waals surface area contributed by atoms with Crippen molar-refractivity contribution in [2.45, 2.75) is 43.1 Å². The minimum Gasteiger partial charge on any atom is -0.381 e. The second-order valence-corrected chi connectivity index (χ2v) is 6.57. The third-order valence-electron chi connectivity index (χ3n) is 3.57. The Kier molecular flexibility index (Phi) is 5.41. The lowest BCUT2D eigenvalue weighted by Crippen LogP contribution is -2.43. The lowest BCUT2D eigenvalue weighted by atomic mass is 10.1. The van der Waals surface area contributed by atoms with Gasteiger partial charge >= 0.3 is 0 Å². The number of carbonyl (C=O) groups excluding carboxylic acids is 1. The van der Waals surface area contributed by atoms with Crippen molar-refractivity contribution in [1.29, 1.82) is 0 Å². The van der Waals surface area contributed by atoms with Crippen molar-refractivity contribution in [3.63, 3.8) is 0 Å². The van der Waals surface area contributed by atoms with Gasteiger partial charge in [0.1, 0.15) is 0 Å². The Morgan fingerprint density at radius 1 is 1.52 bits per heavy atom.